The molecular weight excluding hydrogens is 324 g/mol. The van der Waals surface area contributed by atoms with Crippen molar-refractivity contribution in [3.05, 3.63) is 12.7 Å². The summed E-state index contributed by atoms with van der Waals surface area (Å²) in [6, 6.07) is 0. The van der Waals surface area contributed by atoms with Crippen LogP contribution >= 0.6 is 0 Å². The fourth-order valence-corrected chi connectivity index (χ4v) is 4.45. The van der Waals surface area contributed by atoms with Crippen molar-refractivity contribution < 1.29 is 0 Å². The second-order valence-corrected chi connectivity index (χ2v) is 8.39. The molecule has 1 aliphatic rings. The monoisotopic (exact) mass is 378 g/mol. The third-order valence-corrected chi connectivity index (χ3v) is 5.21. The van der Waals surface area contributed by atoms with Crippen molar-refractivity contribution in [2.75, 3.05) is 0 Å². The summed E-state index contributed by atoms with van der Waals surface area (Å²) in [5.41, 5.74) is 0. The molecule has 0 saturated heterocycles. The molecular formula is C27H54. The van der Waals surface area contributed by atoms with Gasteiger partial charge in [-0.15, -0.1) is 18.9 Å². The Morgan fingerprint density at radius 3 is 1.78 bits per heavy atom. The van der Waals surface area contributed by atoms with Gasteiger partial charge in [0.25, 0.3) is 0 Å². The van der Waals surface area contributed by atoms with E-state index in [4.69, 9.17) is 6.42 Å². The molecule has 0 heteroatoms. The third-order valence-electron chi connectivity index (χ3n) is 5.21. The van der Waals surface area contributed by atoms with Crippen LogP contribution in [0.15, 0.2) is 12.7 Å². The van der Waals surface area contributed by atoms with Gasteiger partial charge in [0, 0.05) is 5.92 Å². The lowest BCUT2D eigenvalue weighted by Crippen LogP contribution is -2.42. The van der Waals surface area contributed by atoms with Crippen molar-refractivity contribution in [2.45, 2.75) is 108 Å². The molecule has 0 aliphatic heterocycles. The Kier molecular flexibility index (Phi) is 23.0. The first kappa shape index (κ1) is 31.0. The van der Waals surface area contributed by atoms with Gasteiger partial charge in [0.15, 0.2) is 0 Å². The normalized spacial score (nSPS) is 26.4. The molecule has 1 aliphatic carbocycles. The van der Waals surface area contributed by atoms with E-state index in [9.17, 15) is 0 Å². The quantitative estimate of drug-likeness (QED) is 0.319. The van der Waals surface area contributed by atoms with Gasteiger partial charge in [-0.25, -0.2) is 0 Å². The van der Waals surface area contributed by atoms with Crippen molar-refractivity contribution in [3.63, 3.8) is 0 Å². The topological polar surface area (TPSA) is 0 Å². The molecule has 0 bridgehead atoms. The highest BCUT2D eigenvalue weighted by atomic mass is 14.5. The van der Waals surface area contributed by atoms with Crippen LogP contribution in [0.25, 0.3) is 0 Å². The average molecular weight is 379 g/mol. The second-order valence-electron chi connectivity index (χ2n) is 8.39. The average Bonchev–Trinajstić information content (AvgIpc) is 2.65. The highest BCUT2D eigenvalue weighted by Gasteiger charge is 2.43. The Balaban J connectivity index is -0.000000621. The summed E-state index contributed by atoms with van der Waals surface area (Å²) in [5.74, 6) is 8.19. The maximum Gasteiger partial charge on any atom is 0.0264 e. The van der Waals surface area contributed by atoms with E-state index < -0.39 is 0 Å². The second kappa shape index (κ2) is 20.0. The van der Waals surface area contributed by atoms with Gasteiger partial charge in [0.2, 0.25) is 0 Å². The Morgan fingerprint density at radius 2 is 1.48 bits per heavy atom. The van der Waals surface area contributed by atoms with Crippen LogP contribution in [-0.2, 0) is 0 Å². The van der Waals surface area contributed by atoms with Gasteiger partial charge in [-0.1, -0.05) is 101 Å². The number of hydrogen-bond donors (Lipinski definition) is 0. The standard InChI is InChI=1S/C19H32.C4H10.2C2H6/c1-7-11-16-13-15(9-3)18(12-8-2)19(14(5)6)17(16)10-4;1-4(2)3;2*1-2/h4,7,14-19H,1,8-9,11-13H2,2-3,5-6H3;4H,1-3H3;2*1-2H3. The van der Waals surface area contributed by atoms with E-state index in [1.54, 1.807) is 0 Å². The molecule has 0 aromatic carbocycles. The van der Waals surface area contributed by atoms with Crippen molar-refractivity contribution in [3.8, 4) is 12.3 Å². The Hall–Kier alpha value is -0.700. The third kappa shape index (κ3) is 12.4. The first-order valence-corrected chi connectivity index (χ1v) is 11.9. The van der Waals surface area contributed by atoms with Gasteiger partial charge in [-0.3, -0.25) is 0 Å². The van der Waals surface area contributed by atoms with E-state index in [0.717, 1.165) is 24.2 Å². The minimum atomic E-state index is 0.456. The molecule has 0 spiro atoms. The Labute approximate surface area is 175 Å². The molecule has 1 rings (SSSR count). The lowest BCUT2D eigenvalue weighted by atomic mass is 9.57. The zero-order valence-electron chi connectivity index (χ0n) is 20.9. The molecule has 1 saturated carbocycles. The van der Waals surface area contributed by atoms with Crippen LogP contribution in [0, 0.1) is 53.8 Å². The van der Waals surface area contributed by atoms with Crippen LogP contribution in [0.4, 0.5) is 0 Å². The summed E-state index contributed by atoms with van der Waals surface area (Å²) < 4.78 is 0. The fourth-order valence-electron chi connectivity index (χ4n) is 4.45. The summed E-state index contributed by atoms with van der Waals surface area (Å²) in [4.78, 5) is 0. The van der Waals surface area contributed by atoms with E-state index in [-0.39, 0.29) is 0 Å². The molecule has 0 radical (unpaired) electrons. The summed E-state index contributed by atoms with van der Waals surface area (Å²) >= 11 is 0. The van der Waals surface area contributed by atoms with Crippen LogP contribution < -0.4 is 0 Å². The molecule has 0 nitrogen and oxygen atoms in total. The number of hydrogen-bond acceptors (Lipinski definition) is 0. The summed E-state index contributed by atoms with van der Waals surface area (Å²) in [6.07, 6.45) is 14.3. The summed E-state index contributed by atoms with van der Waals surface area (Å²) in [7, 11) is 0. The van der Waals surface area contributed by atoms with Crippen molar-refractivity contribution in [1.29, 1.82) is 0 Å². The SMILES string of the molecule is C#CC1C(CC=C)CC(CC)C(CCC)C1C(C)C.CC.CC.CC(C)C. The van der Waals surface area contributed by atoms with Crippen molar-refractivity contribution in [1.82, 2.24) is 0 Å². The molecule has 5 atom stereocenters. The van der Waals surface area contributed by atoms with Crippen molar-refractivity contribution >= 4 is 0 Å². The van der Waals surface area contributed by atoms with E-state index in [2.05, 4.69) is 67.0 Å². The molecule has 162 valence electrons. The van der Waals surface area contributed by atoms with E-state index in [1.165, 1.54) is 25.7 Å². The minimum absolute atomic E-state index is 0.456. The molecule has 0 aromatic heterocycles. The smallest absolute Gasteiger partial charge is 0.0264 e. The summed E-state index contributed by atoms with van der Waals surface area (Å²) in [5, 5.41) is 0. The number of allylic oxidation sites excluding steroid dienone is 1. The maximum atomic E-state index is 5.91. The molecule has 0 N–H and O–H groups in total. The maximum absolute atomic E-state index is 5.91. The predicted octanol–water partition coefficient (Wildman–Crippen LogP) is 9.26. The first-order chi connectivity index (χ1) is 12.8. The van der Waals surface area contributed by atoms with Gasteiger partial charge in [-0.2, -0.15) is 0 Å². The van der Waals surface area contributed by atoms with Gasteiger partial charge in [0.05, 0.1) is 0 Å². The number of terminal acetylenes is 1. The zero-order chi connectivity index (χ0) is 22.0. The summed E-state index contributed by atoms with van der Waals surface area (Å²) in [6.45, 7) is 27.8. The Morgan fingerprint density at radius 1 is 1.00 bits per heavy atom. The van der Waals surface area contributed by atoms with Gasteiger partial charge < -0.3 is 0 Å². The molecule has 27 heavy (non-hydrogen) atoms. The predicted molar refractivity (Wildman–Crippen MR) is 129 cm³/mol. The van der Waals surface area contributed by atoms with Crippen molar-refractivity contribution in [2.24, 2.45) is 41.4 Å². The van der Waals surface area contributed by atoms with Gasteiger partial charge >= 0.3 is 0 Å². The van der Waals surface area contributed by atoms with Crippen LogP contribution in [-0.4, -0.2) is 0 Å². The molecule has 5 unspecified atom stereocenters. The minimum Gasteiger partial charge on any atom is -0.120 e. The molecule has 0 heterocycles. The van der Waals surface area contributed by atoms with Crippen LogP contribution in [0.1, 0.15) is 108 Å². The molecule has 1 fully saturated rings. The van der Waals surface area contributed by atoms with E-state index in [0.29, 0.717) is 23.7 Å². The highest BCUT2D eigenvalue weighted by molar-refractivity contribution is 5.06. The highest BCUT2D eigenvalue weighted by Crippen LogP contribution is 2.49. The number of rotatable bonds is 6. The largest absolute Gasteiger partial charge is 0.120 e. The van der Waals surface area contributed by atoms with Crippen LogP contribution in [0.3, 0.4) is 0 Å². The fraction of sp³-hybridized carbons (Fsp3) is 0.852. The van der Waals surface area contributed by atoms with Crippen LogP contribution in [0.5, 0.6) is 0 Å². The molecule has 0 aromatic rings. The zero-order valence-corrected chi connectivity index (χ0v) is 20.9. The Bertz CT molecular complexity index is 341. The molecule has 0 amide bonds. The lowest BCUT2D eigenvalue weighted by molar-refractivity contribution is 0.0290. The first-order valence-electron chi connectivity index (χ1n) is 11.9. The van der Waals surface area contributed by atoms with Gasteiger partial charge in [-0.05, 0) is 48.3 Å². The lowest BCUT2D eigenvalue weighted by Gasteiger charge is -2.47. The van der Waals surface area contributed by atoms with E-state index in [1.807, 2.05) is 27.7 Å². The van der Waals surface area contributed by atoms with Gasteiger partial charge in [0.1, 0.15) is 0 Å². The van der Waals surface area contributed by atoms with Crippen LogP contribution in [0.2, 0.25) is 0 Å². The van der Waals surface area contributed by atoms with E-state index >= 15 is 0 Å².